The van der Waals surface area contributed by atoms with Crippen LogP contribution in [0.2, 0.25) is 0 Å². The Labute approximate surface area is 40.9 Å². The molecule has 0 saturated heterocycles. The van der Waals surface area contributed by atoms with E-state index in [4.69, 9.17) is 4.89 Å². The molecule has 0 heterocycles. The first-order valence-corrected chi connectivity index (χ1v) is 3.44. The average Bonchev–Trinajstić information content (AvgIpc) is 1.35. The molecular weight excluding hydrogens is 121 g/mol. The average molecular weight is 124 g/mol. The molecule has 0 aliphatic carbocycles. The fourth-order valence-electron chi connectivity index (χ4n) is 0.0451. The summed E-state index contributed by atoms with van der Waals surface area (Å²) in [6.07, 6.45) is 0.374. The number of carbonyl (C=O) groups excluding carboxylic acids is 1. The second-order valence-corrected chi connectivity index (χ2v) is 2.36. The van der Waals surface area contributed by atoms with Gasteiger partial charge in [-0.05, 0) is 11.8 Å². The first-order valence-electron chi connectivity index (χ1n) is 1.13. The maximum absolute atomic E-state index is 9.29. The van der Waals surface area contributed by atoms with Crippen LogP contribution in [0.4, 0.5) is 0 Å². The lowest BCUT2D eigenvalue weighted by atomic mass is 11.5. The van der Waals surface area contributed by atoms with Crippen molar-refractivity contribution in [2.75, 3.05) is 0 Å². The lowest BCUT2D eigenvalue weighted by Gasteiger charge is -1.83. The van der Waals surface area contributed by atoms with E-state index in [1.165, 1.54) is 0 Å². The summed E-state index contributed by atoms with van der Waals surface area (Å²) in [4.78, 5) is 17.4. The number of rotatable bonds is 2. The molecule has 0 rings (SSSR count). The molecule has 0 aromatic heterocycles. The van der Waals surface area contributed by atoms with Gasteiger partial charge in [-0.15, -0.1) is 0 Å². The van der Waals surface area contributed by atoms with E-state index in [-0.39, 0.29) is 0 Å². The zero-order chi connectivity index (χ0) is 4.99. The molecule has 2 N–H and O–H groups in total. The molecule has 0 saturated carbocycles. The lowest BCUT2D eigenvalue weighted by Crippen LogP contribution is -1.94. The highest BCUT2D eigenvalue weighted by Gasteiger charge is 1.74. The minimum atomic E-state index is -1.64. The predicted molar refractivity (Wildman–Crippen MR) is 25.7 cm³/mol. The van der Waals surface area contributed by atoms with Crippen molar-refractivity contribution in [2.45, 2.75) is 0 Å². The van der Waals surface area contributed by atoms with Crippen molar-refractivity contribution in [3.8, 4) is 0 Å². The normalized spacial score (nSPS) is 9.83. The third-order valence-electron chi connectivity index (χ3n) is 0.163. The van der Waals surface area contributed by atoms with Gasteiger partial charge in [0.2, 0.25) is 6.41 Å². The molecule has 1 amide bonds. The molecule has 0 aromatic rings. The Morgan fingerprint density at radius 1 is 2.00 bits per heavy atom. The molecule has 3 nitrogen and oxygen atoms in total. The highest BCUT2D eigenvalue weighted by Crippen LogP contribution is 2.00. The van der Waals surface area contributed by atoms with Gasteiger partial charge in [-0.25, -0.2) is 0 Å². The van der Waals surface area contributed by atoms with Crippen molar-refractivity contribution < 1.29 is 9.69 Å². The maximum atomic E-state index is 9.29. The second kappa shape index (κ2) is 3.15. The van der Waals surface area contributed by atoms with Crippen molar-refractivity contribution in [3.05, 3.63) is 0 Å². The molecule has 35 valence electrons. The van der Waals surface area contributed by atoms with Crippen molar-refractivity contribution in [3.63, 3.8) is 0 Å². The third kappa shape index (κ3) is 3.95. The van der Waals surface area contributed by atoms with Gasteiger partial charge in [0.1, 0.15) is 0 Å². The van der Waals surface area contributed by atoms with Gasteiger partial charge < -0.3 is 4.89 Å². The van der Waals surface area contributed by atoms with Crippen molar-refractivity contribution >= 4 is 25.3 Å². The number of hydrogen-bond donors (Lipinski definition) is 2. The highest BCUT2D eigenvalue weighted by atomic mass is 32.4. The van der Waals surface area contributed by atoms with Gasteiger partial charge in [0.15, 0.2) is 7.07 Å². The van der Waals surface area contributed by atoms with E-state index in [1.807, 2.05) is 5.09 Å². The summed E-state index contributed by atoms with van der Waals surface area (Å²) in [5.41, 5.74) is 0. The van der Waals surface area contributed by atoms with Gasteiger partial charge in [-0.1, -0.05) is 0 Å². The van der Waals surface area contributed by atoms with Crippen LogP contribution in [0.15, 0.2) is 0 Å². The Balaban J connectivity index is 3.05. The van der Waals surface area contributed by atoms with Crippen molar-refractivity contribution in [1.29, 1.82) is 0 Å². The SMILES string of the molecule is O=CN[P](O)=S. The molecule has 6 heavy (non-hydrogen) atoms. The van der Waals surface area contributed by atoms with Gasteiger partial charge >= 0.3 is 0 Å². The monoisotopic (exact) mass is 124 g/mol. The minimum absolute atomic E-state index is 0.374. The molecule has 1 unspecified atom stereocenters. The van der Waals surface area contributed by atoms with Crippen LogP contribution in [0.25, 0.3) is 0 Å². The topological polar surface area (TPSA) is 49.3 Å². The van der Waals surface area contributed by atoms with E-state index in [1.54, 1.807) is 0 Å². The van der Waals surface area contributed by atoms with E-state index < -0.39 is 7.07 Å². The van der Waals surface area contributed by atoms with Crippen molar-refractivity contribution in [1.82, 2.24) is 5.09 Å². The summed E-state index contributed by atoms with van der Waals surface area (Å²) in [7, 11) is -1.64. The Morgan fingerprint density at radius 3 is 2.50 bits per heavy atom. The van der Waals surface area contributed by atoms with Gasteiger partial charge in [0.25, 0.3) is 0 Å². The fourth-order valence-corrected chi connectivity index (χ4v) is 0.264. The van der Waals surface area contributed by atoms with E-state index in [2.05, 4.69) is 11.8 Å². The first kappa shape index (κ1) is 5.95. The molecule has 0 aliphatic rings. The summed E-state index contributed by atoms with van der Waals surface area (Å²) in [6.45, 7) is 0. The van der Waals surface area contributed by atoms with E-state index in [0.717, 1.165) is 0 Å². The quantitative estimate of drug-likeness (QED) is 0.385. The van der Waals surface area contributed by atoms with Crippen LogP contribution in [0, 0.1) is 0 Å². The Morgan fingerprint density at radius 2 is 2.50 bits per heavy atom. The Bertz CT molecular complexity index is 73.9. The number of hydrogen-bond acceptors (Lipinski definition) is 2. The molecular formula is CH3NO2PS. The predicted octanol–water partition coefficient (Wildman–Crippen LogP) is -0.502. The zero-order valence-electron chi connectivity index (χ0n) is 2.79. The number of nitrogens with one attached hydrogen (secondary N) is 1. The Hall–Kier alpha value is -0.0500. The summed E-state index contributed by atoms with van der Waals surface area (Å²) < 4.78 is 0. The van der Waals surface area contributed by atoms with Gasteiger partial charge in [-0.2, -0.15) is 0 Å². The van der Waals surface area contributed by atoms with Crippen LogP contribution in [0.5, 0.6) is 0 Å². The number of carbonyl (C=O) groups is 1. The molecule has 0 aliphatic heterocycles. The van der Waals surface area contributed by atoms with Crippen LogP contribution >= 0.6 is 7.07 Å². The molecule has 0 bridgehead atoms. The van der Waals surface area contributed by atoms with Gasteiger partial charge in [-0.3, -0.25) is 9.88 Å². The van der Waals surface area contributed by atoms with Crippen LogP contribution in [0.3, 0.4) is 0 Å². The molecule has 1 radical (unpaired) electrons. The lowest BCUT2D eigenvalue weighted by molar-refractivity contribution is -0.108. The van der Waals surface area contributed by atoms with Crippen LogP contribution in [0.1, 0.15) is 0 Å². The zero-order valence-corrected chi connectivity index (χ0v) is 4.50. The van der Waals surface area contributed by atoms with E-state index in [9.17, 15) is 4.79 Å². The molecule has 1 atom stereocenters. The smallest absolute Gasteiger partial charge is 0.216 e. The van der Waals surface area contributed by atoms with Gasteiger partial charge in [0, 0.05) is 0 Å². The van der Waals surface area contributed by atoms with Crippen LogP contribution < -0.4 is 5.09 Å². The fraction of sp³-hybridized carbons (Fsp3) is 0. The molecule has 0 aromatic carbocycles. The molecule has 0 fully saturated rings. The Kier molecular flexibility index (Phi) is 3.13. The summed E-state index contributed by atoms with van der Waals surface area (Å²) in [5.74, 6) is 0. The second-order valence-electron chi connectivity index (χ2n) is 0.520. The summed E-state index contributed by atoms with van der Waals surface area (Å²) >= 11 is 4.16. The van der Waals surface area contributed by atoms with E-state index >= 15 is 0 Å². The van der Waals surface area contributed by atoms with Crippen LogP contribution in [-0.2, 0) is 16.6 Å². The van der Waals surface area contributed by atoms with Gasteiger partial charge in [0.05, 0.1) is 0 Å². The first-order chi connectivity index (χ1) is 2.77. The number of amides is 1. The minimum Gasteiger partial charge on any atom is -0.325 e. The highest BCUT2D eigenvalue weighted by molar-refractivity contribution is 8.01. The molecule has 5 heteroatoms. The van der Waals surface area contributed by atoms with Crippen LogP contribution in [-0.4, -0.2) is 11.3 Å². The van der Waals surface area contributed by atoms with E-state index in [0.29, 0.717) is 6.41 Å². The third-order valence-corrected chi connectivity index (χ3v) is 0.806. The standard InChI is InChI=1S/CH3NO2PS/c3-1-2-5(4)6/h1H,(H2,2,3,4,6). The largest absolute Gasteiger partial charge is 0.325 e. The summed E-state index contributed by atoms with van der Waals surface area (Å²) in [6, 6.07) is 0. The van der Waals surface area contributed by atoms with Crippen molar-refractivity contribution in [2.24, 2.45) is 0 Å². The summed E-state index contributed by atoms with van der Waals surface area (Å²) in [5, 5.41) is 1.96. The maximum Gasteiger partial charge on any atom is 0.216 e. The molecule has 0 spiro atoms.